The molecule has 3 N–H and O–H groups in total. The molecular weight excluding hydrogens is 255 g/mol. The van der Waals surface area contributed by atoms with Gasteiger partial charge in [0, 0.05) is 4.88 Å². The number of urea groups is 1. The highest BCUT2D eigenvalue weighted by Crippen LogP contribution is 2.37. The van der Waals surface area contributed by atoms with E-state index in [9.17, 15) is 18.0 Å². The number of carbonyl (C=O) groups is 1. The van der Waals surface area contributed by atoms with E-state index in [0.717, 1.165) is 11.0 Å². The summed E-state index contributed by atoms with van der Waals surface area (Å²) in [6.45, 7) is 1.50. The predicted molar refractivity (Wildman–Crippen MR) is 57.9 cm³/mol. The van der Waals surface area contributed by atoms with Gasteiger partial charge in [-0.3, -0.25) is 10.3 Å². The number of alkyl halides is 3. The number of rotatable bonds is 3. The van der Waals surface area contributed by atoms with Gasteiger partial charge in [-0.05, 0) is 19.1 Å². The normalized spacial score (nSPS) is 13.2. The van der Waals surface area contributed by atoms with Gasteiger partial charge in [0.2, 0.25) is 0 Å². The van der Waals surface area contributed by atoms with Crippen molar-refractivity contribution in [3.63, 3.8) is 0 Å². The molecule has 1 aromatic rings. The van der Waals surface area contributed by atoms with Crippen molar-refractivity contribution in [1.82, 2.24) is 4.90 Å². The molecule has 0 aromatic carbocycles. The number of nitrogens with two attached hydrogens (primary N) is 1. The molecular formula is C9H10F3N3OS. The summed E-state index contributed by atoms with van der Waals surface area (Å²) in [5.41, 5.74) is 5.00. The summed E-state index contributed by atoms with van der Waals surface area (Å²) in [6, 6.07) is 0.651. The molecule has 94 valence electrons. The van der Waals surface area contributed by atoms with Gasteiger partial charge in [0.1, 0.15) is 4.88 Å². The molecule has 0 radical (unpaired) electrons. The predicted octanol–water partition coefficient (Wildman–Crippen LogP) is 2.82. The zero-order valence-corrected chi connectivity index (χ0v) is 9.60. The van der Waals surface area contributed by atoms with Crippen LogP contribution in [0.2, 0.25) is 0 Å². The van der Waals surface area contributed by atoms with Crippen molar-refractivity contribution in [1.29, 1.82) is 5.41 Å². The number of carbonyl (C=O) groups excluding carboxylic acids is 1. The van der Waals surface area contributed by atoms with Gasteiger partial charge in [0.05, 0.1) is 12.4 Å². The summed E-state index contributed by atoms with van der Waals surface area (Å²) in [5, 5.41) is 6.98. The van der Waals surface area contributed by atoms with Crippen molar-refractivity contribution in [2.75, 3.05) is 0 Å². The first kappa shape index (κ1) is 13.5. The van der Waals surface area contributed by atoms with Crippen LogP contribution in [0.15, 0.2) is 12.1 Å². The lowest BCUT2D eigenvalue weighted by molar-refractivity contribution is -0.134. The molecule has 1 heterocycles. The summed E-state index contributed by atoms with van der Waals surface area (Å²) < 4.78 is 37.1. The Bertz CT molecular complexity index is 429. The number of primary amides is 1. The Kier molecular flexibility index (Phi) is 3.76. The molecule has 0 spiro atoms. The molecule has 0 saturated carbocycles. The zero-order valence-electron chi connectivity index (χ0n) is 8.78. The number of hydrogen-bond acceptors (Lipinski definition) is 3. The molecule has 0 aliphatic heterocycles. The molecule has 2 amide bonds. The summed E-state index contributed by atoms with van der Waals surface area (Å²) in [6.07, 6.45) is -3.70. The van der Waals surface area contributed by atoms with E-state index in [1.165, 1.54) is 13.0 Å². The molecule has 17 heavy (non-hydrogen) atoms. The third kappa shape index (κ3) is 2.96. The molecule has 0 aliphatic carbocycles. The average molecular weight is 265 g/mol. The van der Waals surface area contributed by atoms with Gasteiger partial charge in [-0.25, -0.2) is 4.79 Å². The number of halogens is 3. The van der Waals surface area contributed by atoms with Gasteiger partial charge in [-0.15, -0.1) is 11.3 Å². The largest absolute Gasteiger partial charge is 0.425 e. The highest BCUT2D eigenvalue weighted by atomic mass is 32.1. The van der Waals surface area contributed by atoms with Crippen molar-refractivity contribution in [3.05, 3.63) is 21.9 Å². The molecule has 1 rings (SSSR count). The van der Waals surface area contributed by atoms with E-state index in [0.29, 0.717) is 22.6 Å². The first-order valence-electron chi connectivity index (χ1n) is 4.52. The average Bonchev–Trinajstić information content (AvgIpc) is 2.65. The van der Waals surface area contributed by atoms with Crippen LogP contribution in [0.3, 0.4) is 0 Å². The Morgan fingerprint density at radius 3 is 2.53 bits per heavy atom. The SMILES string of the molecule is CC(c1ccc(C(F)(F)F)s1)N(C=N)C(N)=O. The fraction of sp³-hybridized carbons (Fsp3) is 0.333. The van der Waals surface area contributed by atoms with Gasteiger partial charge in [0.15, 0.2) is 0 Å². The highest BCUT2D eigenvalue weighted by Gasteiger charge is 2.33. The molecule has 4 nitrogen and oxygen atoms in total. The minimum absolute atomic E-state index is 0.319. The van der Waals surface area contributed by atoms with E-state index in [-0.39, 0.29) is 0 Å². The standard InChI is InChI=1S/C9H10F3N3OS/c1-5(15(4-13)8(14)16)6-2-3-7(17-6)9(10,11)12/h2-5,13H,1H3,(H2,14,16). The van der Waals surface area contributed by atoms with E-state index in [1.807, 2.05) is 0 Å². The Hall–Kier alpha value is -1.57. The maximum atomic E-state index is 12.4. The Balaban J connectivity index is 2.97. The van der Waals surface area contributed by atoms with Crippen molar-refractivity contribution in [2.24, 2.45) is 5.73 Å². The summed E-state index contributed by atoms with van der Waals surface area (Å²) >= 11 is 0.531. The number of thiophene rings is 1. The van der Waals surface area contributed by atoms with E-state index in [1.54, 1.807) is 0 Å². The smallest absolute Gasteiger partial charge is 0.351 e. The van der Waals surface area contributed by atoms with E-state index in [4.69, 9.17) is 11.1 Å². The third-order valence-corrected chi connectivity index (χ3v) is 3.43. The van der Waals surface area contributed by atoms with Crippen LogP contribution in [0.5, 0.6) is 0 Å². The molecule has 0 bridgehead atoms. The lowest BCUT2D eigenvalue weighted by atomic mass is 10.2. The number of nitrogens with one attached hydrogen (secondary N) is 1. The topological polar surface area (TPSA) is 70.2 Å². The van der Waals surface area contributed by atoms with E-state index >= 15 is 0 Å². The molecule has 0 fully saturated rings. The third-order valence-electron chi connectivity index (χ3n) is 2.13. The zero-order chi connectivity index (χ0) is 13.2. The Morgan fingerprint density at radius 1 is 1.59 bits per heavy atom. The molecule has 1 unspecified atom stereocenters. The van der Waals surface area contributed by atoms with Gasteiger partial charge in [-0.2, -0.15) is 13.2 Å². The monoisotopic (exact) mass is 265 g/mol. The summed E-state index contributed by atoms with van der Waals surface area (Å²) in [5.74, 6) is 0. The van der Waals surface area contributed by atoms with Crippen molar-refractivity contribution in [3.8, 4) is 0 Å². The fourth-order valence-electron chi connectivity index (χ4n) is 1.23. The van der Waals surface area contributed by atoms with Crippen LogP contribution in [-0.2, 0) is 6.18 Å². The summed E-state index contributed by atoms with van der Waals surface area (Å²) in [4.78, 5) is 11.4. The molecule has 1 atom stereocenters. The molecule has 1 aromatic heterocycles. The first-order chi connectivity index (χ1) is 7.77. The van der Waals surface area contributed by atoms with Crippen LogP contribution in [0, 0.1) is 5.41 Å². The van der Waals surface area contributed by atoms with Crippen LogP contribution in [0.25, 0.3) is 0 Å². The maximum absolute atomic E-state index is 12.4. The quantitative estimate of drug-likeness (QED) is 0.640. The van der Waals surface area contributed by atoms with E-state index in [2.05, 4.69) is 0 Å². The van der Waals surface area contributed by atoms with E-state index < -0.39 is 23.1 Å². The minimum Gasteiger partial charge on any atom is -0.351 e. The van der Waals surface area contributed by atoms with Crippen LogP contribution in [0.1, 0.15) is 22.7 Å². The van der Waals surface area contributed by atoms with Crippen molar-refractivity contribution < 1.29 is 18.0 Å². The lowest BCUT2D eigenvalue weighted by Crippen LogP contribution is -2.36. The second-order valence-corrected chi connectivity index (χ2v) is 4.37. The van der Waals surface area contributed by atoms with Crippen LogP contribution >= 0.6 is 11.3 Å². The van der Waals surface area contributed by atoms with Crippen molar-refractivity contribution >= 4 is 23.7 Å². The second kappa shape index (κ2) is 4.74. The first-order valence-corrected chi connectivity index (χ1v) is 5.34. The molecule has 8 heteroatoms. The van der Waals surface area contributed by atoms with Crippen LogP contribution in [0.4, 0.5) is 18.0 Å². The van der Waals surface area contributed by atoms with Crippen LogP contribution < -0.4 is 5.73 Å². The Labute approximate surface area is 99.3 Å². The second-order valence-electron chi connectivity index (χ2n) is 3.25. The molecule has 0 aliphatic rings. The maximum Gasteiger partial charge on any atom is 0.425 e. The van der Waals surface area contributed by atoms with Gasteiger partial charge >= 0.3 is 12.2 Å². The lowest BCUT2D eigenvalue weighted by Gasteiger charge is -2.21. The van der Waals surface area contributed by atoms with Gasteiger partial charge in [0.25, 0.3) is 0 Å². The van der Waals surface area contributed by atoms with Gasteiger partial charge < -0.3 is 5.73 Å². The molecule has 0 saturated heterocycles. The highest BCUT2D eigenvalue weighted by molar-refractivity contribution is 7.12. The van der Waals surface area contributed by atoms with Crippen LogP contribution in [-0.4, -0.2) is 17.3 Å². The number of hydrogen-bond donors (Lipinski definition) is 2. The summed E-state index contributed by atoms with van der Waals surface area (Å²) in [7, 11) is 0. The van der Waals surface area contributed by atoms with Gasteiger partial charge in [-0.1, -0.05) is 0 Å². The number of amides is 2. The number of nitrogens with zero attached hydrogens (tertiary/aromatic N) is 1. The Morgan fingerprint density at radius 2 is 2.18 bits per heavy atom. The fourth-order valence-corrected chi connectivity index (χ4v) is 2.16. The minimum atomic E-state index is -4.40. The van der Waals surface area contributed by atoms with Crippen molar-refractivity contribution in [2.45, 2.75) is 19.1 Å².